The van der Waals surface area contributed by atoms with Gasteiger partial charge in [-0.3, -0.25) is 4.68 Å². The third-order valence-corrected chi connectivity index (χ3v) is 5.22. The van der Waals surface area contributed by atoms with Gasteiger partial charge in [0.1, 0.15) is 0 Å². The monoisotopic (exact) mass is 307 g/mol. The highest BCUT2D eigenvalue weighted by Gasteiger charge is 2.30. The van der Waals surface area contributed by atoms with Gasteiger partial charge in [-0.2, -0.15) is 5.10 Å². The normalized spacial score (nSPS) is 18.6. The lowest BCUT2D eigenvalue weighted by Crippen LogP contribution is -2.31. The van der Waals surface area contributed by atoms with Crippen LogP contribution in [0.15, 0.2) is 17.3 Å². The Hall–Kier alpha value is -0.400. The summed E-state index contributed by atoms with van der Waals surface area (Å²) in [7, 11) is -1.82. The number of nitrogens with zero attached hydrogens (tertiary/aromatic N) is 2. The fraction of sp³-hybridized carbons (Fsp3) is 0.667. The Balaban J connectivity index is 2.00. The standard InChI is InChI=1S/C9H14BrN3O2S/c1-13-9(4-5-11-13)16(14,15)12-6-8(10)7-2-3-7/h4-5,7-8,12H,2-3,6H2,1H3. The number of hydrogen-bond donors (Lipinski definition) is 1. The van der Waals surface area contributed by atoms with Crippen LogP contribution in [0, 0.1) is 5.92 Å². The first-order valence-electron chi connectivity index (χ1n) is 5.12. The van der Waals surface area contributed by atoms with Crippen LogP contribution in [0.25, 0.3) is 0 Å². The van der Waals surface area contributed by atoms with Gasteiger partial charge in [0, 0.05) is 18.4 Å². The van der Waals surface area contributed by atoms with E-state index >= 15 is 0 Å². The minimum Gasteiger partial charge on any atom is -0.256 e. The second kappa shape index (κ2) is 4.46. The molecule has 2 rings (SSSR count). The van der Waals surface area contributed by atoms with Crippen molar-refractivity contribution in [2.45, 2.75) is 22.7 Å². The summed E-state index contributed by atoms with van der Waals surface area (Å²) in [4.78, 5) is 0.232. The first kappa shape index (κ1) is 12.1. The van der Waals surface area contributed by atoms with Gasteiger partial charge in [-0.25, -0.2) is 13.1 Å². The Morgan fingerprint density at radius 2 is 2.38 bits per heavy atom. The lowest BCUT2D eigenvalue weighted by atomic mass is 10.3. The first-order chi connectivity index (χ1) is 7.50. The van der Waals surface area contributed by atoms with Crippen LogP contribution in [-0.4, -0.2) is 29.6 Å². The molecule has 1 aliphatic carbocycles. The van der Waals surface area contributed by atoms with Gasteiger partial charge in [-0.05, 0) is 24.8 Å². The number of nitrogens with one attached hydrogen (secondary N) is 1. The van der Waals surface area contributed by atoms with E-state index in [1.165, 1.54) is 29.8 Å². The number of aryl methyl sites for hydroxylation is 1. The van der Waals surface area contributed by atoms with Crippen molar-refractivity contribution in [3.63, 3.8) is 0 Å². The number of rotatable bonds is 5. The van der Waals surface area contributed by atoms with Crippen molar-refractivity contribution in [3.8, 4) is 0 Å². The molecular weight excluding hydrogens is 294 g/mol. The molecule has 0 bridgehead atoms. The van der Waals surface area contributed by atoms with E-state index in [-0.39, 0.29) is 9.85 Å². The smallest absolute Gasteiger partial charge is 0.256 e. The summed E-state index contributed by atoms with van der Waals surface area (Å²) in [6.45, 7) is 0.429. The summed E-state index contributed by atoms with van der Waals surface area (Å²) in [5.74, 6) is 0.620. The maximum atomic E-state index is 11.9. The molecule has 0 aromatic carbocycles. The number of aromatic nitrogens is 2. The van der Waals surface area contributed by atoms with Gasteiger partial charge in [0.25, 0.3) is 10.0 Å². The van der Waals surface area contributed by atoms with Crippen molar-refractivity contribution in [2.75, 3.05) is 6.54 Å². The molecule has 0 spiro atoms. The summed E-state index contributed by atoms with van der Waals surface area (Å²) in [6.07, 6.45) is 3.84. The van der Waals surface area contributed by atoms with Crippen LogP contribution in [0.4, 0.5) is 0 Å². The average molecular weight is 308 g/mol. The Kier molecular flexibility index (Phi) is 3.37. The Bertz CT molecular complexity index is 467. The summed E-state index contributed by atoms with van der Waals surface area (Å²) in [5, 5.41) is 4.04. The van der Waals surface area contributed by atoms with E-state index in [2.05, 4.69) is 25.8 Å². The van der Waals surface area contributed by atoms with Crippen LogP contribution in [-0.2, 0) is 17.1 Å². The van der Waals surface area contributed by atoms with Crippen LogP contribution in [0.3, 0.4) is 0 Å². The third-order valence-electron chi connectivity index (χ3n) is 2.65. The van der Waals surface area contributed by atoms with E-state index in [9.17, 15) is 8.42 Å². The lowest BCUT2D eigenvalue weighted by Gasteiger charge is -2.10. The summed E-state index contributed by atoms with van der Waals surface area (Å²) in [5.41, 5.74) is 0. The predicted octanol–water partition coefficient (Wildman–Crippen LogP) is 0.872. The van der Waals surface area contributed by atoms with Crippen LogP contribution >= 0.6 is 15.9 Å². The maximum Gasteiger partial charge on any atom is 0.257 e. The second-order valence-electron chi connectivity index (χ2n) is 4.00. The van der Waals surface area contributed by atoms with Crippen molar-refractivity contribution in [3.05, 3.63) is 12.3 Å². The van der Waals surface area contributed by atoms with Gasteiger partial charge < -0.3 is 0 Å². The van der Waals surface area contributed by atoms with E-state index in [0.717, 1.165) is 0 Å². The molecule has 90 valence electrons. The Morgan fingerprint density at radius 1 is 1.69 bits per heavy atom. The van der Waals surface area contributed by atoms with Gasteiger partial charge in [0.05, 0.1) is 6.20 Å². The number of halogens is 1. The third kappa shape index (κ3) is 2.64. The van der Waals surface area contributed by atoms with Gasteiger partial charge in [0.2, 0.25) is 0 Å². The molecule has 1 fully saturated rings. The highest BCUT2D eigenvalue weighted by Crippen LogP contribution is 2.36. The molecule has 1 N–H and O–H groups in total. The van der Waals surface area contributed by atoms with Crippen molar-refractivity contribution in [1.29, 1.82) is 0 Å². The number of hydrogen-bond acceptors (Lipinski definition) is 3. The molecule has 0 saturated heterocycles. The highest BCUT2D eigenvalue weighted by molar-refractivity contribution is 9.09. The fourth-order valence-electron chi connectivity index (χ4n) is 1.51. The quantitative estimate of drug-likeness (QED) is 0.821. The molecular formula is C9H14BrN3O2S. The number of sulfonamides is 1. The van der Waals surface area contributed by atoms with E-state index < -0.39 is 10.0 Å². The van der Waals surface area contributed by atoms with Crippen LogP contribution < -0.4 is 4.72 Å². The predicted molar refractivity (Wildman–Crippen MR) is 63.8 cm³/mol. The zero-order chi connectivity index (χ0) is 11.8. The van der Waals surface area contributed by atoms with E-state index in [1.54, 1.807) is 7.05 Å². The molecule has 7 heteroatoms. The highest BCUT2D eigenvalue weighted by atomic mass is 79.9. The van der Waals surface area contributed by atoms with Crippen LogP contribution in [0.2, 0.25) is 0 Å². The molecule has 1 heterocycles. The maximum absolute atomic E-state index is 11.9. The van der Waals surface area contributed by atoms with Crippen molar-refractivity contribution in [2.24, 2.45) is 13.0 Å². The largest absolute Gasteiger partial charge is 0.257 e. The molecule has 1 atom stereocenters. The average Bonchev–Trinajstić information content (AvgIpc) is 2.98. The minimum absolute atomic E-state index is 0.197. The van der Waals surface area contributed by atoms with Gasteiger partial charge in [-0.1, -0.05) is 15.9 Å². The van der Waals surface area contributed by atoms with Crippen molar-refractivity contribution < 1.29 is 8.42 Å². The van der Waals surface area contributed by atoms with E-state index in [4.69, 9.17) is 0 Å². The van der Waals surface area contributed by atoms with E-state index in [0.29, 0.717) is 12.5 Å². The molecule has 0 radical (unpaired) electrons. The van der Waals surface area contributed by atoms with Crippen molar-refractivity contribution in [1.82, 2.24) is 14.5 Å². The van der Waals surface area contributed by atoms with E-state index in [1.807, 2.05) is 0 Å². The molecule has 0 amide bonds. The van der Waals surface area contributed by atoms with Crippen molar-refractivity contribution >= 4 is 26.0 Å². The molecule has 5 nitrogen and oxygen atoms in total. The Morgan fingerprint density at radius 3 is 2.88 bits per heavy atom. The number of alkyl halides is 1. The molecule has 1 aliphatic rings. The van der Waals surface area contributed by atoms with Crippen LogP contribution in [0.1, 0.15) is 12.8 Å². The minimum atomic E-state index is -3.43. The SMILES string of the molecule is Cn1nccc1S(=O)(=O)NCC(Br)C1CC1. The first-order valence-corrected chi connectivity index (χ1v) is 7.52. The van der Waals surface area contributed by atoms with Gasteiger partial charge in [-0.15, -0.1) is 0 Å². The topological polar surface area (TPSA) is 64.0 Å². The second-order valence-corrected chi connectivity index (χ2v) is 6.89. The molecule has 1 unspecified atom stereocenters. The van der Waals surface area contributed by atoms with Gasteiger partial charge >= 0.3 is 0 Å². The zero-order valence-corrected chi connectivity index (χ0v) is 11.3. The molecule has 1 aromatic rings. The zero-order valence-electron chi connectivity index (χ0n) is 8.93. The fourth-order valence-corrected chi connectivity index (χ4v) is 3.60. The summed E-state index contributed by atoms with van der Waals surface area (Å²) >= 11 is 3.49. The molecule has 16 heavy (non-hydrogen) atoms. The molecule has 0 aliphatic heterocycles. The molecule has 1 aromatic heterocycles. The molecule has 1 saturated carbocycles. The van der Waals surface area contributed by atoms with Crippen LogP contribution in [0.5, 0.6) is 0 Å². The lowest BCUT2D eigenvalue weighted by molar-refractivity contribution is 0.560. The summed E-state index contributed by atoms with van der Waals surface area (Å²) in [6, 6.07) is 1.49. The Labute approximate surface area is 103 Å². The van der Waals surface area contributed by atoms with Gasteiger partial charge in [0.15, 0.2) is 5.03 Å². The summed E-state index contributed by atoms with van der Waals surface area (Å²) < 4.78 is 27.7.